The van der Waals surface area contributed by atoms with E-state index < -0.39 is 11.5 Å². The summed E-state index contributed by atoms with van der Waals surface area (Å²) in [5.41, 5.74) is -0.767. The molecule has 0 saturated heterocycles. The Labute approximate surface area is 182 Å². The van der Waals surface area contributed by atoms with Crippen LogP contribution in [-0.4, -0.2) is 35.4 Å². The van der Waals surface area contributed by atoms with Crippen LogP contribution in [0.1, 0.15) is 59.8 Å². The molecular formula is C23H30ClNO5. The van der Waals surface area contributed by atoms with Crippen molar-refractivity contribution in [1.82, 2.24) is 5.32 Å². The van der Waals surface area contributed by atoms with Gasteiger partial charge in [0.2, 0.25) is 0 Å². The second-order valence-corrected chi connectivity index (χ2v) is 10.4. The number of Topliss-reactive ketones (excluding diaryl/α,β-unsaturated/α-hetero) is 1. The number of benzene rings is 1. The predicted octanol–water partition coefficient (Wildman–Crippen LogP) is 4.08. The summed E-state index contributed by atoms with van der Waals surface area (Å²) in [6.07, 6.45) is 3.07. The third kappa shape index (κ3) is 5.54. The van der Waals surface area contributed by atoms with Crippen molar-refractivity contribution in [1.29, 1.82) is 0 Å². The van der Waals surface area contributed by atoms with Crippen molar-refractivity contribution in [3.63, 3.8) is 0 Å². The molecule has 0 radical (unpaired) electrons. The highest BCUT2D eigenvalue weighted by atomic mass is 35.5. The lowest BCUT2D eigenvalue weighted by Gasteiger charge is -2.70. The van der Waals surface area contributed by atoms with E-state index in [1.54, 1.807) is 31.2 Å². The Morgan fingerprint density at radius 1 is 1.13 bits per heavy atom. The van der Waals surface area contributed by atoms with Gasteiger partial charge >= 0.3 is 5.97 Å². The smallest absolute Gasteiger partial charge is 0.309 e. The van der Waals surface area contributed by atoms with Gasteiger partial charge in [-0.15, -0.1) is 0 Å². The number of esters is 1. The number of ether oxygens (including phenoxy) is 2. The number of halogens is 1. The van der Waals surface area contributed by atoms with Crippen LogP contribution in [0.2, 0.25) is 5.02 Å². The van der Waals surface area contributed by atoms with Crippen molar-refractivity contribution in [3.8, 4) is 5.75 Å². The molecule has 1 aromatic carbocycles. The molecule has 7 heteroatoms. The third-order valence-electron chi connectivity index (χ3n) is 5.64. The zero-order valence-corrected chi connectivity index (χ0v) is 18.8. The molecule has 1 unspecified atom stereocenters. The second kappa shape index (κ2) is 8.22. The van der Waals surface area contributed by atoms with Crippen molar-refractivity contribution >= 4 is 29.3 Å². The van der Waals surface area contributed by atoms with Crippen molar-refractivity contribution in [3.05, 3.63) is 29.3 Å². The predicted molar refractivity (Wildman–Crippen MR) is 113 cm³/mol. The lowest BCUT2D eigenvalue weighted by molar-refractivity contribution is -0.174. The number of nitrogens with one attached hydrogen (secondary N) is 1. The molecule has 0 heterocycles. The average Bonchev–Trinajstić information content (AvgIpc) is 2.56. The van der Waals surface area contributed by atoms with Crippen LogP contribution in [0.5, 0.6) is 5.75 Å². The first-order valence-corrected chi connectivity index (χ1v) is 10.7. The molecule has 3 saturated carbocycles. The molecule has 1 N–H and O–H groups in total. The SMILES string of the molecule is CC(CC(=O)CC12CC(NC(=O)COc3ccc(Cl)cc3)(C1)C2)C(=O)OC(C)(C)C. The Kier molecular flexibility index (Phi) is 6.19. The topological polar surface area (TPSA) is 81.7 Å². The van der Waals surface area contributed by atoms with Gasteiger partial charge in [-0.3, -0.25) is 14.4 Å². The first-order valence-electron chi connectivity index (χ1n) is 10.3. The molecule has 1 atom stereocenters. The van der Waals surface area contributed by atoms with Gasteiger partial charge in [0.15, 0.2) is 6.61 Å². The first-order chi connectivity index (χ1) is 13.9. The van der Waals surface area contributed by atoms with Gasteiger partial charge in [-0.1, -0.05) is 18.5 Å². The number of rotatable bonds is 9. The fourth-order valence-electron chi connectivity index (χ4n) is 4.65. The highest BCUT2D eigenvalue weighted by Gasteiger charge is 2.68. The summed E-state index contributed by atoms with van der Waals surface area (Å²) < 4.78 is 10.8. The van der Waals surface area contributed by atoms with Crippen LogP contribution in [0.15, 0.2) is 24.3 Å². The van der Waals surface area contributed by atoms with Crippen molar-refractivity contribution < 1.29 is 23.9 Å². The van der Waals surface area contributed by atoms with Crippen LogP contribution in [0.3, 0.4) is 0 Å². The molecule has 2 bridgehead atoms. The molecule has 4 rings (SSSR count). The molecule has 3 fully saturated rings. The maximum absolute atomic E-state index is 12.4. The first kappa shape index (κ1) is 22.6. The zero-order valence-electron chi connectivity index (χ0n) is 18.0. The number of amides is 1. The maximum Gasteiger partial charge on any atom is 0.309 e. The summed E-state index contributed by atoms with van der Waals surface area (Å²) in [7, 11) is 0. The van der Waals surface area contributed by atoms with E-state index in [2.05, 4.69) is 5.32 Å². The van der Waals surface area contributed by atoms with Gasteiger partial charge in [-0.25, -0.2) is 0 Å². The summed E-state index contributed by atoms with van der Waals surface area (Å²) >= 11 is 5.83. The molecular weight excluding hydrogens is 406 g/mol. The van der Waals surface area contributed by atoms with E-state index in [1.165, 1.54) is 0 Å². The molecule has 3 aliphatic carbocycles. The van der Waals surface area contributed by atoms with Crippen LogP contribution >= 0.6 is 11.6 Å². The molecule has 0 aromatic heterocycles. The van der Waals surface area contributed by atoms with Crippen molar-refractivity contribution in [2.75, 3.05) is 6.61 Å². The Bertz CT molecular complexity index is 807. The molecule has 164 valence electrons. The van der Waals surface area contributed by atoms with Gasteiger partial charge in [0.1, 0.15) is 17.1 Å². The fourth-order valence-corrected chi connectivity index (χ4v) is 4.77. The maximum atomic E-state index is 12.4. The van der Waals surface area contributed by atoms with Gasteiger partial charge in [0.25, 0.3) is 5.91 Å². The van der Waals surface area contributed by atoms with Crippen LogP contribution < -0.4 is 10.1 Å². The summed E-state index contributed by atoms with van der Waals surface area (Å²) in [5.74, 6) is -0.267. The largest absolute Gasteiger partial charge is 0.484 e. The lowest BCUT2D eigenvalue weighted by Crippen LogP contribution is -2.75. The van der Waals surface area contributed by atoms with Gasteiger partial charge in [0, 0.05) is 23.4 Å². The van der Waals surface area contributed by atoms with Crippen molar-refractivity contribution in [2.45, 2.75) is 70.9 Å². The highest BCUT2D eigenvalue weighted by Crippen LogP contribution is 2.69. The van der Waals surface area contributed by atoms with Gasteiger partial charge in [-0.05, 0) is 69.7 Å². The van der Waals surface area contributed by atoms with Gasteiger partial charge in [-0.2, -0.15) is 0 Å². The monoisotopic (exact) mass is 435 g/mol. The number of hydrogen-bond acceptors (Lipinski definition) is 5. The Hall–Kier alpha value is -2.08. The summed E-state index contributed by atoms with van der Waals surface area (Å²) in [6, 6.07) is 6.85. The van der Waals surface area contributed by atoms with Crippen LogP contribution in [0.4, 0.5) is 0 Å². The van der Waals surface area contributed by atoms with Crippen molar-refractivity contribution in [2.24, 2.45) is 11.3 Å². The molecule has 3 aliphatic rings. The second-order valence-electron chi connectivity index (χ2n) is 9.96. The van der Waals surface area contributed by atoms with Gasteiger partial charge in [0.05, 0.1) is 5.92 Å². The number of carbonyl (C=O) groups is 3. The Morgan fingerprint density at radius 2 is 1.73 bits per heavy atom. The molecule has 1 aromatic rings. The summed E-state index contributed by atoms with van der Waals surface area (Å²) in [4.78, 5) is 36.7. The molecule has 6 nitrogen and oxygen atoms in total. The van der Waals surface area contributed by atoms with E-state index in [1.807, 2.05) is 20.8 Å². The lowest BCUT2D eigenvalue weighted by atomic mass is 9.38. The number of hydrogen-bond donors (Lipinski definition) is 1. The standard InChI is InChI=1S/C23H30ClNO5/c1-15(20(28)30-21(2,3)4)9-17(26)10-22-12-23(13-22,14-22)25-19(27)11-29-18-7-5-16(24)6-8-18/h5-8,15H,9-14H2,1-4H3,(H,25,27). The van der Waals surface area contributed by atoms with E-state index in [0.29, 0.717) is 17.2 Å². The minimum atomic E-state index is -0.551. The fraction of sp³-hybridized carbons (Fsp3) is 0.609. The zero-order chi connectivity index (χ0) is 22.2. The molecule has 0 aliphatic heterocycles. The Morgan fingerprint density at radius 3 is 2.30 bits per heavy atom. The molecule has 30 heavy (non-hydrogen) atoms. The van der Waals surface area contributed by atoms with E-state index in [-0.39, 0.29) is 41.6 Å². The normalized spacial score (nSPS) is 25.4. The van der Waals surface area contributed by atoms with E-state index in [4.69, 9.17) is 21.1 Å². The molecule has 1 amide bonds. The number of ketones is 1. The summed E-state index contributed by atoms with van der Waals surface area (Å²) in [6.45, 7) is 7.12. The third-order valence-corrected chi connectivity index (χ3v) is 5.90. The summed E-state index contributed by atoms with van der Waals surface area (Å²) in [5, 5.41) is 3.66. The van der Waals surface area contributed by atoms with Gasteiger partial charge < -0.3 is 14.8 Å². The highest BCUT2D eigenvalue weighted by molar-refractivity contribution is 6.30. The van der Waals surface area contributed by atoms with E-state index in [9.17, 15) is 14.4 Å². The minimum Gasteiger partial charge on any atom is -0.484 e. The Balaban J connectivity index is 1.37. The minimum absolute atomic E-state index is 0.0188. The van der Waals surface area contributed by atoms with E-state index in [0.717, 1.165) is 19.3 Å². The van der Waals surface area contributed by atoms with E-state index >= 15 is 0 Å². The van der Waals surface area contributed by atoms with Crippen LogP contribution in [-0.2, 0) is 19.1 Å². The average molecular weight is 436 g/mol. The number of carbonyl (C=O) groups excluding carboxylic acids is 3. The quantitative estimate of drug-likeness (QED) is 0.591. The molecule has 0 spiro atoms. The van der Waals surface area contributed by atoms with Crippen LogP contribution in [0, 0.1) is 11.3 Å². The van der Waals surface area contributed by atoms with Crippen LogP contribution in [0.25, 0.3) is 0 Å².